The lowest BCUT2D eigenvalue weighted by Crippen LogP contribution is -1.94. The summed E-state index contributed by atoms with van der Waals surface area (Å²) in [7, 11) is 0. The van der Waals surface area contributed by atoms with Crippen molar-refractivity contribution in [2.75, 3.05) is 0 Å². The fourth-order valence-electron chi connectivity index (χ4n) is 2.15. The van der Waals surface area contributed by atoms with Crippen LogP contribution in [0.15, 0.2) is 60.7 Å². The Bertz CT molecular complexity index is 757. The van der Waals surface area contributed by atoms with Gasteiger partial charge in [0.05, 0.1) is 0 Å². The molecule has 0 aliphatic heterocycles. The topological polar surface area (TPSA) is 34.1 Å². The first-order chi connectivity index (χ1) is 12.5. The van der Waals surface area contributed by atoms with E-state index in [1.165, 1.54) is 11.1 Å². The van der Waals surface area contributed by atoms with Gasteiger partial charge in [0.1, 0.15) is 0 Å². The average Bonchev–Trinajstić information content (AvgIpc) is 2.68. The number of allylic oxidation sites excluding steroid dienone is 1. The van der Waals surface area contributed by atoms with Gasteiger partial charge in [-0.15, -0.1) is 6.42 Å². The van der Waals surface area contributed by atoms with Crippen LogP contribution >= 0.6 is 0 Å². The summed E-state index contributed by atoms with van der Waals surface area (Å²) in [5.74, 6) is 2.19. The van der Waals surface area contributed by atoms with Crippen LogP contribution in [-0.4, -0.2) is 11.6 Å². The Kier molecular flexibility index (Phi) is 10.1. The van der Waals surface area contributed by atoms with Crippen molar-refractivity contribution < 1.29 is 12.4 Å². The van der Waals surface area contributed by atoms with E-state index in [0.29, 0.717) is 12.8 Å². The van der Waals surface area contributed by atoms with Crippen LogP contribution in [0.3, 0.4) is 0 Å². The van der Waals surface area contributed by atoms with Crippen molar-refractivity contribution in [2.24, 2.45) is 0 Å². The van der Waals surface area contributed by atoms with E-state index < -0.39 is 0 Å². The molecule has 137 valence electrons. The van der Waals surface area contributed by atoms with Crippen LogP contribution in [0.2, 0.25) is 0 Å². The van der Waals surface area contributed by atoms with Crippen molar-refractivity contribution in [3.8, 4) is 12.3 Å². The second-order valence-corrected chi connectivity index (χ2v) is 5.97. The minimum absolute atomic E-state index is 0. The summed E-state index contributed by atoms with van der Waals surface area (Å²) in [4.78, 5) is 21.7. The highest BCUT2D eigenvalue weighted by Crippen LogP contribution is 2.07. The molecule has 2 nitrogen and oxygen atoms in total. The molecule has 2 rings (SSSR count). The minimum atomic E-state index is -0.0999. The fraction of sp³-hybridized carbons (Fsp3) is 0.250. The predicted octanol–water partition coefficient (Wildman–Crippen LogP) is 5.56. The Morgan fingerprint density at radius 1 is 1.12 bits per heavy atom. The Labute approximate surface area is 159 Å². The summed E-state index contributed by atoms with van der Waals surface area (Å²) >= 11 is 0. The highest BCUT2D eigenvalue weighted by atomic mass is 16.1. The Morgan fingerprint density at radius 2 is 1.77 bits per heavy atom. The summed E-state index contributed by atoms with van der Waals surface area (Å²) < 4.78 is 0. The standard InChI is InChI=1S/C13H14O.C11H12O.H2.H/c1-3-13(14)6-4-5-12-9-7-11(2)8-10-12;1-2-11(12)9-8-10-6-4-3-5-7-10;;/h1,7-10H,4-6H2,2H3;3-9H,2H2,1H3;1H;/b;9-8+;;. The first kappa shape index (κ1) is 21.1. The number of carbonyl (C=O) groups excluding carboxylic acids is 2. The Hall–Kier alpha value is -2.92. The van der Waals surface area contributed by atoms with Gasteiger partial charge >= 0.3 is 0 Å². The van der Waals surface area contributed by atoms with Gasteiger partial charge in [0.25, 0.3) is 0 Å². The van der Waals surface area contributed by atoms with Crippen LogP contribution in [0.4, 0.5) is 0 Å². The number of hydrogen-bond donors (Lipinski definition) is 0. The number of carbonyl (C=O) groups is 2. The summed E-state index contributed by atoms with van der Waals surface area (Å²) in [6.07, 6.45) is 11.3. The third-order valence-corrected chi connectivity index (χ3v) is 3.76. The lowest BCUT2D eigenvalue weighted by molar-refractivity contribution is -0.114. The molecule has 0 unspecified atom stereocenters. The molecule has 0 atom stereocenters. The number of terminal acetylenes is 1. The maximum Gasteiger partial charge on any atom is 0.205 e. The molecular formula is C24H29O2. The molecule has 0 fully saturated rings. The van der Waals surface area contributed by atoms with Crippen LogP contribution in [-0.2, 0) is 16.0 Å². The lowest BCUT2D eigenvalue weighted by atomic mass is 10.1. The quantitative estimate of drug-likeness (QED) is 0.373. The van der Waals surface area contributed by atoms with Gasteiger partial charge < -0.3 is 0 Å². The van der Waals surface area contributed by atoms with Gasteiger partial charge in [-0.1, -0.05) is 73.2 Å². The predicted molar refractivity (Wildman–Crippen MR) is 112 cm³/mol. The van der Waals surface area contributed by atoms with Gasteiger partial charge in [-0.2, -0.15) is 0 Å². The zero-order valence-corrected chi connectivity index (χ0v) is 15.6. The van der Waals surface area contributed by atoms with E-state index in [-0.39, 0.29) is 14.4 Å². The molecule has 0 aromatic heterocycles. The molecular weight excluding hydrogens is 320 g/mol. The van der Waals surface area contributed by atoms with Crippen molar-refractivity contribution >= 4 is 17.6 Å². The molecule has 0 saturated carbocycles. The molecule has 0 heterocycles. The SMILES string of the molecule is C#CC(=O)CCCc1ccc(C)cc1.CCC(=O)/C=C/c1ccccc1.[HH].[H]. The number of hydrogen-bond acceptors (Lipinski definition) is 2. The molecule has 0 N–H and O–H groups in total. The molecule has 2 aromatic rings. The first-order valence-electron chi connectivity index (χ1n) is 8.86. The van der Waals surface area contributed by atoms with E-state index in [1.54, 1.807) is 6.08 Å². The number of aryl methyl sites for hydroxylation is 2. The first-order valence-corrected chi connectivity index (χ1v) is 8.86. The summed E-state index contributed by atoms with van der Waals surface area (Å²) in [5.41, 5.74) is 3.59. The van der Waals surface area contributed by atoms with Crippen LogP contribution in [0.5, 0.6) is 0 Å². The van der Waals surface area contributed by atoms with Gasteiger partial charge in [-0.05, 0) is 42.9 Å². The van der Waals surface area contributed by atoms with E-state index in [9.17, 15) is 9.59 Å². The second-order valence-electron chi connectivity index (χ2n) is 5.97. The zero-order valence-electron chi connectivity index (χ0n) is 16.6. The number of rotatable bonds is 7. The van der Waals surface area contributed by atoms with Crippen molar-refractivity contribution in [3.63, 3.8) is 0 Å². The molecule has 0 bridgehead atoms. The molecule has 2 heteroatoms. The summed E-state index contributed by atoms with van der Waals surface area (Å²) in [5, 5.41) is 0. The largest absolute Gasteiger partial charge is 0.295 e. The Morgan fingerprint density at radius 3 is 2.35 bits per heavy atom. The van der Waals surface area contributed by atoms with E-state index in [1.807, 2.05) is 43.3 Å². The minimum Gasteiger partial charge on any atom is -0.295 e. The lowest BCUT2D eigenvalue weighted by Gasteiger charge is -1.99. The molecule has 0 amide bonds. The third-order valence-electron chi connectivity index (χ3n) is 3.76. The Balaban J connectivity index is 0. The molecule has 0 aliphatic carbocycles. The maximum absolute atomic E-state index is 10.9. The normalized spacial score (nSPS) is 9.88. The van der Waals surface area contributed by atoms with Crippen LogP contribution < -0.4 is 0 Å². The van der Waals surface area contributed by atoms with Crippen molar-refractivity contribution in [3.05, 3.63) is 77.4 Å². The third kappa shape index (κ3) is 9.39. The van der Waals surface area contributed by atoms with Gasteiger partial charge in [0, 0.05) is 15.7 Å². The van der Waals surface area contributed by atoms with E-state index >= 15 is 0 Å². The number of ketones is 2. The summed E-state index contributed by atoms with van der Waals surface area (Å²) in [6, 6.07) is 18.2. The van der Waals surface area contributed by atoms with Crippen molar-refractivity contribution in [1.29, 1.82) is 0 Å². The van der Waals surface area contributed by atoms with E-state index in [0.717, 1.165) is 18.4 Å². The second kappa shape index (κ2) is 12.4. The monoisotopic (exact) mass is 349 g/mol. The highest BCUT2D eigenvalue weighted by Gasteiger charge is 1.97. The zero-order chi connectivity index (χ0) is 19.2. The number of Topliss-reactive ketones (excluding diaryl/α,β-unsaturated/α-hetero) is 1. The van der Waals surface area contributed by atoms with Crippen LogP contribution in [0.25, 0.3) is 6.08 Å². The maximum atomic E-state index is 10.9. The molecule has 2 aromatic carbocycles. The van der Waals surface area contributed by atoms with Crippen LogP contribution in [0.1, 0.15) is 45.7 Å². The van der Waals surface area contributed by atoms with Gasteiger partial charge in [0.2, 0.25) is 5.78 Å². The van der Waals surface area contributed by atoms with Crippen molar-refractivity contribution in [2.45, 2.75) is 39.5 Å². The summed E-state index contributed by atoms with van der Waals surface area (Å²) in [6.45, 7) is 3.92. The van der Waals surface area contributed by atoms with Crippen LogP contribution in [0, 0.1) is 19.3 Å². The highest BCUT2D eigenvalue weighted by molar-refractivity contribution is 5.94. The van der Waals surface area contributed by atoms with Gasteiger partial charge in [-0.25, -0.2) is 0 Å². The molecule has 0 aliphatic rings. The molecule has 0 spiro atoms. The van der Waals surface area contributed by atoms with Gasteiger partial charge in [-0.3, -0.25) is 9.59 Å². The fourth-order valence-corrected chi connectivity index (χ4v) is 2.15. The van der Waals surface area contributed by atoms with Gasteiger partial charge in [0.15, 0.2) is 5.78 Å². The molecule has 0 saturated heterocycles. The number of benzene rings is 2. The van der Waals surface area contributed by atoms with E-state index in [4.69, 9.17) is 6.42 Å². The smallest absolute Gasteiger partial charge is 0.205 e. The molecule has 26 heavy (non-hydrogen) atoms. The average molecular weight is 349 g/mol. The molecule has 1 radical (unpaired) electrons. The van der Waals surface area contributed by atoms with E-state index in [2.05, 4.69) is 37.1 Å². The van der Waals surface area contributed by atoms with Crippen molar-refractivity contribution in [1.82, 2.24) is 0 Å².